The van der Waals surface area contributed by atoms with Gasteiger partial charge in [-0.2, -0.15) is 0 Å². The van der Waals surface area contributed by atoms with Crippen molar-refractivity contribution in [2.45, 2.75) is 65.0 Å². The Labute approximate surface area is 120 Å². The molecule has 1 aliphatic rings. The van der Waals surface area contributed by atoms with Crippen LogP contribution < -0.4 is 5.32 Å². The third-order valence-corrected chi connectivity index (χ3v) is 4.94. The molecule has 2 unspecified atom stereocenters. The Bertz CT molecular complexity index is 385. The maximum absolute atomic E-state index is 5.70. The van der Waals surface area contributed by atoms with E-state index in [-0.39, 0.29) is 0 Å². The largest absolute Gasteiger partial charge is 0.378 e. The summed E-state index contributed by atoms with van der Waals surface area (Å²) in [7, 11) is 0. The third-order valence-electron chi connectivity index (χ3n) is 3.75. The minimum absolute atomic E-state index is 0.470. The van der Waals surface area contributed by atoms with E-state index in [0.717, 1.165) is 13.2 Å². The summed E-state index contributed by atoms with van der Waals surface area (Å²) in [5.41, 5.74) is 1.20. The van der Waals surface area contributed by atoms with Gasteiger partial charge in [0.25, 0.3) is 0 Å². The topological polar surface area (TPSA) is 34.1 Å². The van der Waals surface area contributed by atoms with Crippen LogP contribution in [-0.2, 0) is 4.74 Å². The molecule has 1 aromatic rings. The van der Waals surface area contributed by atoms with Crippen molar-refractivity contribution in [2.24, 2.45) is 0 Å². The van der Waals surface area contributed by atoms with Crippen molar-refractivity contribution in [2.75, 3.05) is 13.2 Å². The molecule has 1 saturated heterocycles. The van der Waals surface area contributed by atoms with Crippen LogP contribution in [0.25, 0.3) is 0 Å². The Morgan fingerprint density at radius 1 is 1.47 bits per heavy atom. The van der Waals surface area contributed by atoms with Crippen molar-refractivity contribution in [3.63, 3.8) is 0 Å². The first-order valence-electron chi connectivity index (χ1n) is 7.49. The van der Waals surface area contributed by atoms with E-state index < -0.39 is 0 Å². The van der Waals surface area contributed by atoms with Crippen molar-refractivity contribution in [1.29, 1.82) is 0 Å². The Morgan fingerprint density at radius 2 is 2.32 bits per heavy atom. The van der Waals surface area contributed by atoms with Crippen molar-refractivity contribution in [1.82, 2.24) is 10.3 Å². The van der Waals surface area contributed by atoms with Crippen LogP contribution in [0, 0.1) is 13.8 Å². The number of thiazole rings is 1. The molecule has 19 heavy (non-hydrogen) atoms. The van der Waals surface area contributed by atoms with Crippen molar-refractivity contribution >= 4 is 11.3 Å². The van der Waals surface area contributed by atoms with Gasteiger partial charge in [0.2, 0.25) is 0 Å². The van der Waals surface area contributed by atoms with Crippen LogP contribution in [0.15, 0.2) is 0 Å². The van der Waals surface area contributed by atoms with E-state index in [1.807, 2.05) is 11.3 Å². The van der Waals surface area contributed by atoms with Gasteiger partial charge in [-0.05, 0) is 52.5 Å². The molecule has 2 rings (SSSR count). The zero-order valence-corrected chi connectivity index (χ0v) is 13.2. The van der Waals surface area contributed by atoms with E-state index in [2.05, 4.69) is 31.1 Å². The first-order chi connectivity index (χ1) is 9.20. The lowest BCUT2D eigenvalue weighted by atomic mass is 10.0. The number of nitrogens with one attached hydrogen (secondary N) is 1. The molecule has 0 amide bonds. The van der Waals surface area contributed by atoms with Gasteiger partial charge in [0.1, 0.15) is 0 Å². The summed E-state index contributed by atoms with van der Waals surface area (Å²) in [5, 5.41) is 4.78. The predicted octanol–water partition coefficient (Wildman–Crippen LogP) is 3.76. The molecule has 1 fully saturated rings. The minimum atomic E-state index is 0.470. The normalized spacial score (nSPS) is 20.9. The third kappa shape index (κ3) is 4.26. The zero-order valence-electron chi connectivity index (χ0n) is 12.4. The van der Waals surface area contributed by atoms with Gasteiger partial charge in [-0.1, -0.05) is 6.92 Å². The molecule has 108 valence electrons. The average molecular weight is 282 g/mol. The number of aromatic nitrogens is 1. The minimum Gasteiger partial charge on any atom is -0.378 e. The Balaban J connectivity index is 1.86. The lowest BCUT2D eigenvalue weighted by molar-refractivity contribution is 0.101. The summed E-state index contributed by atoms with van der Waals surface area (Å²) in [6, 6.07) is 0.470. The predicted molar refractivity (Wildman–Crippen MR) is 80.8 cm³/mol. The Kier molecular flexibility index (Phi) is 5.79. The van der Waals surface area contributed by atoms with Crippen molar-refractivity contribution in [3.8, 4) is 0 Å². The highest BCUT2D eigenvalue weighted by molar-refractivity contribution is 7.11. The van der Waals surface area contributed by atoms with Gasteiger partial charge in [0, 0.05) is 17.5 Å². The van der Waals surface area contributed by atoms with E-state index in [0.29, 0.717) is 12.1 Å². The van der Waals surface area contributed by atoms with Gasteiger partial charge in [-0.15, -0.1) is 11.3 Å². The number of hydrogen-bond acceptors (Lipinski definition) is 4. The molecule has 0 saturated carbocycles. The Hall–Kier alpha value is -0.450. The second kappa shape index (κ2) is 7.36. The highest BCUT2D eigenvalue weighted by Gasteiger charge is 2.19. The van der Waals surface area contributed by atoms with E-state index in [1.165, 1.54) is 47.7 Å². The highest BCUT2D eigenvalue weighted by Crippen LogP contribution is 2.29. The Morgan fingerprint density at radius 3 is 2.89 bits per heavy atom. The maximum atomic E-state index is 5.70. The van der Waals surface area contributed by atoms with E-state index in [1.54, 1.807) is 0 Å². The summed E-state index contributed by atoms with van der Waals surface area (Å²) >= 11 is 1.84. The SMILES string of the molecule is CCNC(CCCC1CCCO1)c1sc(C)nc1C. The van der Waals surface area contributed by atoms with Crippen LogP contribution in [0.3, 0.4) is 0 Å². The number of nitrogens with zero attached hydrogens (tertiary/aromatic N) is 1. The van der Waals surface area contributed by atoms with E-state index in [4.69, 9.17) is 4.74 Å². The quantitative estimate of drug-likeness (QED) is 0.827. The van der Waals surface area contributed by atoms with Crippen LogP contribution in [-0.4, -0.2) is 24.2 Å². The fourth-order valence-corrected chi connectivity index (χ4v) is 3.90. The molecule has 0 aliphatic carbocycles. The highest BCUT2D eigenvalue weighted by atomic mass is 32.1. The van der Waals surface area contributed by atoms with Crippen LogP contribution in [0.1, 0.15) is 60.6 Å². The fraction of sp³-hybridized carbons (Fsp3) is 0.800. The summed E-state index contributed by atoms with van der Waals surface area (Å²) < 4.78 is 5.70. The number of ether oxygens (including phenoxy) is 1. The fourth-order valence-electron chi connectivity index (χ4n) is 2.86. The molecule has 2 atom stereocenters. The molecule has 4 heteroatoms. The molecule has 0 bridgehead atoms. The second-order valence-electron chi connectivity index (χ2n) is 5.36. The molecule has 3 nitrogen and oxygen atoms in total. The van der Waals surface area contributed by atoms with Crippen molar-refractivity contribution < 1.29 is 4.74 Å². The monoisotopic (exact) mass is 282 g/mol. The van der Waals surface area contributed by atoms with Gasteiger partial charge in [0.05, 0.1) is 16.8 Å². The summed E-state index contributed by atoms with van der Waals surface area (Å²) in [6.07, 6.45) is 6.65. The van der Waals surface area contributed by atoms with Gasteiger partial charge >= 0.3 is 0 Å². The lowest BCUT2D eigenvalue weighted by Crippen LogP contribution is -2.21. The van der Waals surface area contributed by atoms with Gasteiger partial charge in [0.15, 0.2) is 0 Å². The molecule has 2 heterocycles. The molecule has 0 radical (unpaired) electrons. The maximum Gasteiger partial charge on any atom is 0.0900 e. The summed E-state index contributed by atoms with van der Waals surface area (Å²) in [4.78, 5) is 5.98. The van der Waals surface area contributed by atoms with Crippen LogP contribution in [0.4, 0.5) is 0 Å². The molecule has 1 aliphatic heterocycles. The molecule has 0 spiro atoms. The van der Waals surface area contributed by atoms with Crippen LogP contribution in [0.2, 0.25) is 0 Å². The number of hydrogen-bond donors (Lipinski definition) is 1. The first kappa shape index (κ1) is 14.9. The average Bonchev–Trinajstić information content (AvgIpc) is 2.98. The molecule has 1 N–H and O–H groups in total. The van der Waals surface area contributed by atoms with Crippen LogP contribution in [0.5, 0.6) is 0 Å². The van der Waals surface area contributed by atoms with Gasteiger partial charge < -0.3 is 10.1 Å². The lowest BCUT2D eigenvalue weighted by Gasteiger charge is -2.18. The molecule has 1 aromatic heterocycles. The smallest absolute Gasteiger partial charge is 0.0900 e. The number of rotatable bonds is 7. The van der Waals surface area contributed by atoms with Crippen LogP contribution >= 0.6 is 11.3 Å². The van der Waals surface area contributed by atoms with Gasteiger partial charge in [-0.3, -0.25) is 0 Å². The molecular weight excluding hydrogens is 256 g/mol. The van der Waals surface area contributed by atoms with Crippen molar-refractivity contribution in [3.05, 3.63) is 15.6 Å². The number of aryl methyl sites for hydroxylation is 2. The standard InChI is InChI=1S/C15H26N2OS/c1-4-16-14(15-11(2)17-12(3)19-15)9-5-7-13-8-6-10-18-13/h13-14,16H,4-10H2,1-3H3. The first-order valence-corrected chi connectivity index (χ1v) is 8.31. The summed E-state index contributed by atoms with van der Waals surface area (Å²) in [5.74, 6) is 0. The van der Waals surface area contributed by atoms with E-state index in [9.17, 15) is 0 Å². The van der Waals surface area contributed by atoms with Gasteiger partial charge in [-0.25, -0.2) is 4.98 Å². The zero-order chi connectivity index (χ0) is 13.7. The van der Waals surface area contributed by atoms with E-state index >= 15 is 0 Å². The molecular formula is C15H26N2OS. The summed E-state index contributed by atoms with van der Waals surface area (Å²) in [6.45, 7) is 8.38. The second-order valence-corrected chi connectivity index (χ2v) is 6.59. The molecule has 0 aromatic carbocycles.